The Morgan fingerprint density at radius 1 is 1.32 bits per heavy atom. The van der Waals surface area contributed by atoms with E-state index < -0.39 is 33.4 Å². The first kappa shape index (κ1) is 21.2. The topological polar surface area (TPSA) is 128 Å². The Labute approximate surface area is 160 Å². The molecule has 0 aliphatic carbocycles. The molecule has 0 fully saturated rings. The Kier molecular flexibility index (Phi) is 6.62. The summed E-state index contributed by atoms with van der Waals surface area (Å²) in [5.74, 6) is -2.79. The molecule has 150 valence electrons. The lowest BCUT2D eigenvalue weighted by Gasteiger charge is -2.09. The second-order valence-corrected chi connectivity index (χ2v) is 7.56. The van der Waals surface area contributed by atoms with Crippen molar-refractivity contribution < 1.29 is 32.2 Å². The fourth-order valence-corrected chi connectivity index (χ4v) is 2.49. The molecular weight excluding hydrogens is 393 g/mol. The minimum Gasteiger partial charge on any atom is -0.503 e. The molecule has 1 unspecified atom stereocenters. The predicted octanol–water partition coefficient (Wildman–Crippen LogP) is 3.16. The predicted molar refractivity (Wildman–Crippen MR) is 96.1 cm³/mol. The summed E-state index contributed by atoms with van der Waals surface area (Å²) in [4.78, 5) is 15.2. The molecule has 0 saturated carbocycles. The summed E-state index contributed by atoms with van der Waals surface area (Å²) in [5, 5.41) is 17.1. The molecule has 2 rings (SSSR count). The third-order valence-corrected chi connectivity index (χ3v) is 4.34. The van der Waals surface area contributed by atoms with Gasteiger partial charge in [-0.25, -0.2) is 18.2 Å². The van der Waals surface area contributed by atoms with Gasteiger partial charge in [-0.15, -0.1) is 0 Å². The molecule has 0 spiro atoms. The van der Waals surface area contributed by atoms with E-state index in [1.54, 1.807) is 6.92 Å². The number of pyridine rings is 1. The summed E-state index contributed by atoms with van der Waals surface area (Å²) in [6.07, 6.45) is 2.12. The highest BCUT2D eigenvalue weighted by Gasteiger charge is 2.17. The van der Waals surface area contributed by atoms with Crippen LogP contribution in [0.1, 0.15) is 13.8 Å². The SMILES string of the molecule is CCOC(=O)C(C)N=Nc1ccc(Oc2ccc(S(C)(=O)=O)nc2)c(F)c1O. The number of carbonyl (C=O) groups excluding carboxylic acids is 1. The molecule has 2 aromatic rings. The van der Waals surface area contributed by atoms with E-state index in [9.17, 15) is 22.7 Å². The highest BCUT2D eigenvalue weighted by Crippen LogP contribution is 2.37. The van der Waals surface area contributed by atoms with Crippen molar-refractivity contribution in [2.24, 2.45) is 10.2 Å². The maximum Gasteiger partial charge on any atom is 0.332 e. The number of phenols is 1. The maximum atomic E-state index is 14.3. The lowest BCUT2D eigenvalue weighted by Crippen LogP contribution is -2.17. The number of aromatic hydroxyl groups is 1. The molecule has 9 nitrogen and oxygen atoms in total. The largest absolute Gasteiger partial charge is 0.503 e. The number of nitrogens with zero attached hydrogens (tertiary/aromatic N) is 3. The number of phenolic OH excluding ortho intramolecular Hbond substituents is 1. The number of azo groups is 1. The number of ether oxygens (including phenoxy) is 2. The molecule has 0 bridgehead atoms. The third-order valence-electron chi connectivity index (χ3n) is 3.34. The first-order valence-electron chi connectivity index (χ1n) is 8.06. The van der Waals surface area contributed by atoms with Gasteiger partial charge in [0.25, 0.3) is 0 Å². The van der Waals surface area contributed by atoms with Gasteiger partial charge in [0.1, 0.15) is 11.4 Å². The molecule has 0 aliphatic heterocycles. The standard InChI is InChI=1S/C17H18FN3O6S/c1-4-26-17(23)10(2)20-21-12-6-7-13(15(18)16(12)22)27-11-5-8-14(19-9-11)28(3,24)25/h5-10,22H,4H2,1-3H3. The van der Waals surface area contributed by atoms with E-state index in [-0.39, 0.29) is 28.8 Å². The van der Waals surface area contributed by atoms with Crippen LogP contribution in [-0.4, -0.2) is 43.4 Å². The highest BCUT2D eigenvalue weighted by molar-refractivity contribution is 7.90. The molecule has 1 atom stereocenters. The summed E-state index contributed by atoms with van der Waals surface area (Å²) >= 11 is 0. The summed E-state index contributed by atoms with van der Waals surface area (Å²) in [6.45, 7) is 3.27. The van der Waals surface area contributed by atoms with Gasteiger partial charge in [-0.3, -0.25) is 0 Å². The second kappa shape index (κ2) is 8.74. The van der Waals surface area contributed by atoms with Crippen molar-refractivity contribution in [1.29, 1.82) is 0 Å². The fraction of sp³-hybridized carbons (Fsp3) is 0.294. The maximum absolute atomic E-state index is 14.3. The van der Waals surface area contributed by atoms with Crippen molar-refractivity contribution >= 4 is 21.5 Å². The lowest BCUT2D eigenvalue weighted by atomic mass is 10.2. The molecule has 0 radical (unpaired) electrons. The zero-order valence-corrected chi connectivity index (χ0v) is 16.1. The molecule has 1 heterocycles. The minimum absolute atomic E-state index is 0.0657. The Hall–Kier alpha value is -3.08. The second-order valence-electron chi connectivity index (χ2n) is 5.60. The average Bonchev–Trinajstić information content (AvgIpc) is 2.64. The Morgan fingerprint density at radius 3 is 2.61 bits per heavy atom. The smallest absolute Gasteiger partial charge is 0.332 e. The van der Waals surface area contributed by atoms with Crippen LogP contribution in [-0.2, 0) is 19.4 Å². The van der Waals surface area contributed by atoms with Gasteiger partial charge >= 0.3 is 5.97 Å². The van der Waals surface area contributed by atoms with Gasteiger partial charge in [0.2, 0.25) is 5.82 Å². The lowest BCUT2D eigenvalue weighted by molar-refractivity contribution is -0.144. The number of esters is 1. The zero-order valence-electron chi connectivity index (χ0n) is 15.3. The molecular formula is C17H18FN3O6S. The van der Waals surface area contributed by atoms with E-state index in [1.165, 1.54) is 31.2 Å². The van der Waals surface area contributed by atoms with Crippen LogP contribution < -0.4 is 4.74 Å². The van der Waals surface area contributed by atoms with Gasteiger partial charge in [0, 0.05) is 6.26 Å². The van der Waals surface area contributed by atoms with E-state index in [0.717, 1.165) is 12.5 Å². The molecule has 0 amide bonds. The number of benzene rings is 1. The third kappa shape index (κ3) is 5.22. The average molecular weight is 411 g/mol. The van der Waals surface area contributed by atoms with Crippen LogP contribution in [0.3, 0.4) is 0 Å². The van der Waals surface area contributed by atoms with Gasteiger partial charge in [-0.2, -0.15) is 14.6 Å². The van der Waals surface area contributed by atoms with Crippen LogP contribution in [0.4, 0.5) is 10.1 Å². The molecule has 11 heteroatoms. The molecule has 1 aromatic heterocycles. The number of halogens is 1. The van der Waals surface area contributed by atoms with Crippen LogP contribution >= 0.6 is 0 Å². The van der Waals surface area contributed by atoms with E-state index >= 15 is 0 Å². The van der Waals surface area contributed by atoms with Crippen LogP contribution in [0.25, 0.3) is 0 Å². The number of rotatable bonds is 7. The molecule has 0 aliphatic rings. The Morgan fingerprint density at radius 2 is 2.04 bits per heavy atom. The minimum atomic E-state index is -3.47. The Balaban J connectivity index is 2.18. The quantitative estimate of drug-likeness (QED) is 0.547. The first-order valence-corrected chi connectivity index (χ1v) is 9.95. The van der Waals surface area contributed by atoms with Crippen molar-refractivity contribution in [3.8, 4) is 17.2 Å². The van der Waals surface area contributed by atoms with E-state index in [0.29, 0.717) is 0 Å². The van der Waals surface area contributed by atoms with E-state index in [4.69, 9.17) is 9.47 Å². The van der Waals surface area contributed by atoms with Gasteiger partial charge in [0.05, 0.1) is 12.8 Å². The Bertz CT molecular complexity index is 993. The van der Waals surface area contributed by atoms with Crippen molar-refractivity contribution in [3.63, 3.8) is 0 Å². The van der Waals surface area contributed by atoms with E-state index in [2.05, 4.69) is 15.2 Å². The highest BCUT2D eigenvalue weighted by atomic mass is 32.2. The molecule has 28 heavy (non-hydrogen) atoms. The summed E-state index contributed by atoms with van der Waals surface area (Å²) in [6, 6.07) is 4.03. The first-order chi connectivity index (χ1) is 13.1. The number of sulfone groups is 1. The number of carbonyl (C=O) groups is 1. The van der Waals surface area contributed by atoms with Crippen molar-refractivity contribution in [3.05, 3.63) is 36.3 Å². The molecule has 0 saturated heterocycles. The van der Waals surface area contributed by atoms with Crippen LogP contribution in [0, 0.1) is 5.82 Å². The molecule has 1 N–H and O–H groups in total. The number of hydrogen-bond donors (Lipinski definition) is 1. The van der Waals surface area contributed by atoms with Crippen molar-refractivity contribution in [1.82, 2.24) is 4.98 Å². The van der Waals surface area contributed by atoms with E-state index in [1.807, 2.05) is 0 Å². The number of aromatic nitrogens is 1. The summed E-state index contributed by atoms with van der Waals surface area (Å²) in [5.41, 5.74) is -0.202. The normalized spacial score (nSPS) is 12.7. The van der Waals surface area contributed by atoms with Gasteiger partial charge in [-0.05, 0) is 38.1 Å². The fourth-order valence-electron chi connectivity index (χ4n) is 1.93. The van der Waals surface area contributed by atoms with Crippen molar-refractivity contribution in [2.45, 2.75) is 24.9 Å². The zero-order chi connectivity index (χ0) is 20.9. The summed E-state index contributed by atoms with van der Waals surface area (Å²) < 4.78 is 47.1. The molecule has 1 aromatic carbocycles. The van der Waals surface area contributed by atoms with Crippen LogP contribution in [0.2, 0.25) is 0 Å². The van der Waals surface area contributed by atoms with Crippen LogP contribution in [0.15, 0.2) is 45.7 Å². The van der Waals surface area contributed by atoms with Gasteiger partial charge < -0.3 is 14.6 Å². The number of hydrogen-bond acceptors (Lipinski definition) is 9. The monoisotopic (exact) mass is 411 g/mol. The van der Waals surface area contributed by atoms with Crippen LogP contribution in [0.5, 0.6) is 17.2 Å². The summed E-state index contributed by atoms with van der Waals surface area (Å²) in [7, 11) is -3.47. The van der Waals surface area contributed by atoms with Crippen molar-refractivity contribution in [2.75, 3.05) is 12.9 Å². The van der Waals surface area contributed by atoms with Gasteiger partial charge in [-0.1, -0.05) is 0 Å². The van der Waals surface area contributed by atoms with Gasteiger partial charge in [0.15, 0.2) is 32.4 Å².